The fourth-order valence-electron chi connectivity index (χ4n) is 2.91. The second-order valence-electron chi connectivity index (χ2n) is 8.14. The maximum atomic E-state index is 12.6. The number of carbonyl (C=O) groups excluding carboxylic acids is 3. The van der Waals surface area contributed by atoms with E-state index in [-0.39, 0.29) is 25.2 Å². The number of amides is 3. The van der Waals surface area contributed by atoms with Gasteiger partial charge in [0.1, 0.15) is 18.1 Å². The molecule has 8 N–H and O–H groups in total. The van der Waals surface area contributed by atoms with Crippen molar-refractivity contribution in [1.82, 2.24) is 25.9 Å². The molecular formula is C20H32N6O7. The molecule has 0 saturated heterocycles. The zero-order valence-corrected chi connectivity index (χ0v) is 18.8. The van der Waals surface area contributed by atoms with E-state index in [2.05, 4.69) is 25.9 Å². The first-order valence-electron chi connectivity index (χ1n) is 10.5. The van der Waals surface area contributed by atoms with Crippen LogP contribution in [0.1, 0.15) is 45.7 Å². The topological polar surface area (TPSA) is 217 Å². The van der Waals surface area contributed by atoms with Crippen LogP contribution in [0.25, 0.3) is 0 Å². The Bertz CT molecular complexity index is 827. The average molecular weight is 469 g/mol. The van der Waals surface area contributed by atoms with Crippen molar-refractivity contribution in [2.45, 2.75) is 70.6 Å². The summed E-state index contributed by atoms with van der Waals surface area (Å²) in [4.78, 5) is 66.5. The maximum Gasteiger partial charge on any atom is 0.326 e. The van der Waals surface area contributed by atoms with Crippen LogP contribution in [0.15, 0.2) is 12.5 Å². The van der Waals surface area contributed by atoms with Gasteiger partial charge < -0.3 is 36.9 Å². The molecule has 13 nitrogen and oxygen atoms in total. The van der Waals surface area contributed by atoms with Crippen molar-refractivity contribution in [1.29, 1.82) is 0 Å². The number of aromatic nitrogens is 2. The molecule has 0 aliphatic rings. The van der Waals surface area contributed by atoms with Gasteiger partial charge in [0.2, 0.25) is 17.7 Å². The van der Waals surface area contributed by atoms with Crippen LogP contribution < -0.4 is 21.7 Å². The third kappa shape index (κ3) is 10.1. The summed E-state index contributed by atoms with van der Waals surface area (Å²) in [5.74, 6) is -4.65. The van der Waals surface area contributed by atoms with Crippen LogP contribution in [-0.2, 0) is 30.4 Å². The number of nitrogens with two attached hydrogens (primary N) is 1. The Morgan fingerprint density at radius 2 is 1.64 bits per heavy atom. The van der Waals surface area contributed by atoms with Crippen molar-refractivity contribution in [2.24, 2.45) is 11.7 Å². The molecule has 184 valence electrons. The molecule has 0 bridgehead atoms. The second-order valence-corrected chi connectivity index (χ2v) is 8.14. The number of hydrogen-bond acceptors (Lipinski definition) is 7. The van der Waals surface area contributed by atoms with E-state index in [1.54, 1.807) is 13.8 Å². The number of hydrogen-bond donors (Lipinski definition) is 7. The van der Waals surface area contributed by atoms with Crippen LogP contribution in [-0.4, -0.2) is 74.0 Å². The summed E-state index contributed by atoms with van der Waals surface area (Å²) in [5.41, 5.74) is 6.47. The third-order valence-corrected chi connectivity index (χ3v) is 4.69. The molecule has 0 aromatic carbocycles. The van der Waals surface area contributed by atoms with Crippen LogP contribution in [0.3, 0.4) is 0 Å². The molecule has 33 heavy (non-hydrogen) atoms. The van der Waals surface area contributed by atoms with Gasteiger partial charge in [-0.25, -0.2) is 9.78 Å². The highest BCUT2D eigenvalue weighted by Gasteiger charge is 2.29. The Balaban J connectivity index is 2.77. The van der Waals surface area contributed by atoms with E-state index < -0.39 is 60.2 Å². The van der Waals surface area contributed by atoms with Gasteiger partial charge in [-0.3, -0.25) is 19.2 Å². The first-order chi connectivity index (χ1) is 15.4. The lowest BCUT2D eigenvalue weighted by atomic mass is 10.0. The molecule has 0 saturated carbocycles. The summed E-state index contributed by atoms with van der Waals surface area (Å²) >= 11 is 0. The van der Waals surface area contributed by atoms with Gasteiger partial charge in [-0.2, -0.15) is 0 Å². The van der Waals surface area contributed by atoms with Gasteiger partial charge in [0, 0.05) is 24.7 Å². The van der Waals surface area contributed by atoms with Crippen molar-refractivity contribution in [3.63, 3.8) is 0 Å². The fourth-order valence-corrected chi connectivity index (χ4v) is 2.91. The Morgan fingerprint density at radius 3 is 2.15 bits per heavy atom. The highest BCUT2D eigenvalue weighted by molar-refractivity contribution is 5.94. The van der Waals surface area contributed by atoms with Crippen molar-refractivity contribution >= 4 is 29.7 Å². The molecule has 4 atom stereocenters. The number of nitrogens with zero attached hydrogens (tertiary/aromatic N) is 1. The van der Waals surface area contributed by atoms with Gasteiger partial charge in [0.25, 0.3) is 0 Å². The molecule has 4 unspecified atom stereocenters. The molecule has 3 amide bonds. The van der Waals surface area contributed by atoms with Gasteiger partial charge in [0.05, 0.1) is 12.4 Å². The van der Waals surface area contributed by atoms with Gasteiger partial charge in [0.15, 0.2) is 0 Å². The molecule has 1 aromatic rings. The van der Waals surface area contributed by atoms with E-state index >= 15 is 0 Å². The fraction of sp³-hybridized carbons (Fsp3) is 0.600. The molecular weight excluding hydrogens is 436 g/mol. The number of aliphatic carboxylic acids is 2. The molecule has 0 radical (unpaired) electrons. The number of carboxylic acids is 2. The van der Waals surface area contributed by atoms with E-state index in [9.17, 15) is 29.1 Å². The summed E-state index contributed by atoms with van der Waals surface area (Å²) in [6.07, 6.45) is 2.57. The molecule has 0 aliphatic heterocycles. The first-order valence-corrected chi connectivity index (χ1v) is 10.5. The highest BCUT2D eigenvalue weighted by Crippen LogP contribution is 2.07. The van der Waals surface area contributed by atoms with E-state index in [0.717, 1.165) is 0 Å². The number of nitrogens with one attached hydrogen (secondary N) is 4. The predicted octanol–water partition coefficient (Wildman–Crippen LogP) is -1.25. The number of carboxylic acid groups (broad SMARTS) is 2. The van der Waals surface area contributed by atoms with E-state index in [1.165, 1.54) is 19.4 Å². The predicted molar refractivity (Wildman–Crippen MR) is 116 cm³/mol. The van der Waals surface area contributed by atoms with Crippen LogP contribution in [0, 0.1) is 5.92 Å². The lowest BCUT2D eigenvalue weighted by molar-refractivity contribution is -0.143. The molecule has 13 heteroatoms. The minimum atomic E-state index is -1.30. The normalized spacial score (nSPS) is 14.6. The second kappa shape index (κ2) is 13.2. The summed E-state index contributed by atoms with van der Waals surface area (Å²) in [7, 11) is 0. The van der Waals surface area contributed by atoms with Crippen molar-refractivity contribution in [2.75, 3.05) is 0 Å². The van der Waals surface area contributed by atoms with Crippen molar-refractivity contribution in [3.8, 4) is 0 Å². The van der Waals surface area contributed by atoms with E-state index in [1.807, 2.05) is 0 Å². The van der Waals surface area contributed by atoms with Crippen molar-refractivity contribution in [3.05, 3.63) is 18.2 Å². The van der Waals surface area contributed by atoms with Crippen molar-refractivity contribution < 1.29 is 34.2 Å². The van der Waals surface area contributed by atoms with Crippen LogP contribution in [0.4, 0.5) is 0 Å². The number of H-pyrrole nitrogens is 1. The monoisotopic (exact) mass is 468 g/mol. The van der Waals surface area contributed by atoms with Gasteiger partial charge in [-0.1, -0.05) is 13.8 Å². The Hall–Kier alpha value is -3.48. The Labute approximate surface area is 190 Å². The quantitative estimate of drug-likeness (QED) is 0.173. The number of aromatic amines is 1. The largest absolute Gasteiger partial charge is 0.481 e. The summed E-state index contributed by atoms with van der Waals surface area (Å²) in [6, 6.07) is -4.55. The Morgan fingerprint density at radius 1 is 1.00 bits per heavy atom. The zero-order valence-electron chi connectivity index (χ0n) is 18.8. The van der Waals surface area contributed by atoms with Gasteiger partial charge in [-0.15, -0.1) is 0 Å². The summed E-state index contributed by atoms with van der Waals surface area (Å²) in [6.45, 7) is 4.95. The number of rotatable bonds is 14. The maximum absolute atomic E-state index is 12.6. The minimum absolute atomic E-state index is 0.0281. The van der Waals surface area contributed by atoms with Gasteiger partial charge >= 0.3 is 11.9 Å². The molecule has 1 heterocycles. The lowest BCUT2D eigenvalue weighted by Crippen LogP contribution is -2.56. The van der Waals surface area contributed by atoms with E-state index in [4.69, 9.17) is 10.8 Å². The average Bonchev–Trinajstić information content (AvgIpc) is 3.22. The number of imidazole rings is 1. The van der Waals surface area contributed by atoms with Gasteiger partial charge in [-0.05, 0) is 25.7 Å². The highest BCUT2D eigenvalue weighted by atomic mass is 16.4. The molecule has 0 fully saturated rings. The SMILES string of the molecule is CC(C)CC(NC(=O)C(CCC(=O)O)NC(=O)C(C)NC(=O)C(N)Cc1cnc[nH]1)C(=O)O. The van der Waals surface area contributed by atoms with Crippen LogP contribution in [0.2, 0.25) is 0 Å². The lowest BCUT2D eigenvalue weighted by Gasteiger charge is -2.24. The standard InChI is InChI=1S/C20H32N6O7/c1-10(2)6-15(20(32)33)26-19(31)14(4-5-16(27)28)25-17(29)11(3)24-18(30)13(21)7-12-8-22-9-23-12/h8-11,13-15H,4-7,21H2,1-3H3,(H,22,23)(H,24,30)(H,25,29)(H,26,31)(H,27,28)(H,32,33). The van der Waals surface area contributed by atoms with Crippen LogP contribution in [0.5, 0.6) is 0 Å². The molecule has 0 aliphatic carbocycles. The molecule has 1 rings (SSSR count). The molecule has 1 aromatic heterocycles. The van der Waals surface area contributed by atoms with E-state index in [0.29, 0.717) is 5.69 Å². The first kappa shape index (κ1) is 27.6. The third-order valence-electron chi connectivity index (χ3n) is 4.69. The van der Waals surface area contributed by atoms with Crippen LogP contribution >= 0.6 is 0 Å². The smallest absolute Gasteiger partial charge is 0.326 e. The number of carbonyl (C=O) groups is 5. The summed E-state index contributed by atoms with van der Waals surface area (Å²) in [5, 5.41) is 25.4. The zero-order chi connectivity index (χ0) is 25.1. The summed E-state index contributed by atoms with van der Waals surface area (Å²) < 4.78 is 0. The molecule has 0 spiro atoms. The minimum Gasteiger partial charge on any atom is -0.481 e. The Kier molecular flexibility index (Phi) is 11.0.